The number of benzene rings is 1. The van der Waals surface area contributed by atoms with Crippen LogP contribution in [0.15, 0.2) is 36.7 Å². The monoisotopic (exact) mass is 321 g/mol. The Bertz CT molecular complexity index is 1000. The van der Waals surface area contributed by atoms with Gasteiger partial charge in [0.2, 0.25) is 0 Å². The average molecular weight is 321 g/mol. The molecule has 1 aliphatic rings. The van der Waals surface area contributed by atoms with Gasteiger partial charge in [-0.2, -0.15) is 10.4 Å². The van der Waals surface area contributed by atoms with Gasteiger partial charge in [-0.15, -0.1) is 0 Å². The molecule has 0 saturated carbocycles. The second kappa shape index (κ2) is 5.42. The number of aromatic nitrogens is 3. The highest BCUT2D eigenvalue weighted by atomic mass is 19.1. The third kappa shape index (κ3) is 2.12. The fourth-order valence-electron chi connectivity index (χ4n) is 2.74. The Kier molecular flexibility index (Phi) is 3.24. The summed E-state index contributed by atoms with van der Waals surface area (Å²) in [7, 11) is 0. The summed E-state index contributed by atoms with van der Waals surface area (Å²) >= 11 is 0. The first-order valence-electron chi connectivity index (χ1n) is 7.51. The number of halogens is 1. The van der Waals surface area contributed by atoms with Crippen molar-refractivity contribution in [1.29, 1.82) is 5.26 Å². The standard InChI is InChI=1S/C17H12FN5O/c18-13-9-11(10-19)3-4-12(13)14-15(17(24)22-6-2-7-22)21-23-8-1-5-20-16(14)23/h1,3-5,8-9H,2,6-7H2. The van der Waals surface area contributed by atoms with Crippen molar-refractivity contribution < 1.29 is 9.18 Å². The molecule has 2 aromatic heterocycles. The fraction of sp³-hybridized carbons (Fsp3) is 0.176. The molecule has 118 valence electrons. The third-order valence-corrected chi connectivity index (χ3v) is 4.11. The van der Waals surface area contributed by atoms with Crippen LogP contribution in [0.3, 0.4) is 0 Å². The third-order valence-electron chi connectivity index (χ3n) is 4.11. The second-order valence-electron chi connectivity index (χ2n) is 5.56. The highest BCUT2D eigenvalue weighted by Gasteiger charge is 2.29. The summed E-state index contributed by atoms with van der Waals surface area (Å²) in [6, 6.07) is 7.75. The van der Waals surface area contributed by atoms with Crippen LogP contribution in [-0.2, 0) is 0 Å². The number of nitriles is 1. The van der Waals surface area contributed by atoms with E-state index >= 15 is 0 Å². The summed E-state index contributed by atoms with van der Waals surface area (Å²) in [6.07, 6.45) is 4.19. The normalized spacial score (nSPS) is 13.6. The molecule has 4 rings (SSSR count). The highest BCUT2D eigenvalue weighted by molar-refractivity contribution is 6.03. The lowest BCUT2D eigenvalue weighted by Gasteiger charge is -2.30. The molecule has 0 unspecified atom stereocenters. The predicted octanol–water partition coefficient (Wildman–Crippen LogP) is 2.25. The van der Waals surface area contributed by atoms with Gasteiger partial charge in [-0.3, -0.25) is 4.79 Å². The van der Waals surface area contributed by atoms with Crippen LogP contribution in [0.5, 0.6) is 0 Å². The maximum absolute atomic E-state index is 14.5. The van der Waals surface area contributed by atoms with Crippen LogP contribution >= 0.6 is 0 Å². The van der Waals surface area contributed by atoms with E-state index in [2.05, 4.69) is 10.1 Å². The number of amides is 1. The number of rotatable bonds is 2. The number of hydrogen-bond acceptors (Lipinski definition) is 4. The summed E-state index contributed by atoms with van der Waals surface area (Å²) in [6.45, 7) is 1.35. The first kappa shape index (κ1) is 14.3. The van der Waals surface area contributed by atoms with Gasteiger partial charge < -0.3 is 4.90 Å². The van der Waals surface area contributed by atoms with Gasteiger partial charge in [0.05, 0.1) is 17.2 Å². The summed E-state index contributed by atoms with van der Waals surface area (Å²) in [4.78, 5) is 18.6. The minimum absolute atomic E-state index is 0.178. The van der Waals surface area contributed by atoms with E-state index in [1.165, 1.54) is 16.6 Å². The Labute approximate surface area is 136 Å². The largest absolute Gasteiger partial charge is 0.337 e. The Morgan fingerprint density at radius 3 is 2.83 bits per heavy atom. The van der Waals surface area contributed by atoms with Crippen LogP contribution < -0.4 is 0 Å². The number of carbonyl (C=O) groups is 1. The molecule has 0 atom stereocenters. The molecule has 7 heteroatoms. The van der Waals surface area contributed by atoms with Crippen molar-refractivity contribution in [1.82, 2.24) is 19.5 Å². The molecule has 0 bridgehead atoms. The van der Waals surface area contributed by atoms with Crippen molar-refractivity contribution in [3.8, 4) is 17.2 Å². The molecule has 1 aromatic carbocycles. The zero-order valence-corrected chi connectivity index (χ0v) is 12.6. The average Bonchev–Trinajstić information content (AvgIpc) is 2.92. The van der Waals surface area contributed by atoms with Crippen LogP contribution in [0, 0.1) is 17.1 Å². The minimum Gasteiger partial charge on any atom is -0.337 e. The maximum atomic E-state index is 14.5. The number of fused-ring (bicyclic) bond motifs is 1. The van der Waals surface area contributed by atoms with Gasteiger partial charge in [0.25, 0.3) is 5.91 Å². The summed E-state index contributed by atoms with van der Waals surface area (Å²) in [5.74, 6) is -0.808. The molecule has 1 saturated heterocycles. The second-order valence-corrected chi connectivity index (χ2v) is 5.56. The zero-order chi connectivity index (χ0) is 16.7. The van der Waals surface area contributed by atoms with Gasteiger partial charge in [-0.1, -0.05) is 0 Å². The van der Waals surface area contributed by atoms with Gasteiger partial charge in [-0.25, -0.2) is 13.9 Å². The topological polar surface area (TPSA) is 74.3 Å². The Morgan fingerprint density at radius 2 is 2.17 bits per heavy atom. The molecule has 0 radical (unpaired) electrons. The van der Waals surface area contributed by atoms with E-state index in [-0.39, 0.29) is 22.7 Å². The number of likely N-dealkylation sites (tertiary alicyclic amines) is 1. The van der Waals surface area contributed by atoms with Crippen molar-refractivity contribution in [3.63, 3.8) is 0 Å². The summed E-state index contributed by atoms with van der Waals surface area (Å²) in [5, 5.41) is 13.2. The molecular formula is C17H12FN5O. The molecule has 0 N–H and O–H groups in total. The first-order valence-corrected chi connectivity index (χ1v) is 7.51. The van der Waals surface area contributed by atoms with Crippen molar-refractivity contribution in [2.45, 2.75) is 6.42 Å². The Balaban J connectivity index is 1.96. The number of carbonyl (C=O) groups excluding carboxylic acids is 1. The summed E-state index contributed by atoms with van der Waals surface area (Å²) < 4.78 is 16.0. The number of hydrogen-bond donors (Lipinski definition) is 0. The van der Waals surface area contributed by atoms with E-state index in [0.29, 0.717) is 24.3 Å². The SMILES string of the molecule is N#Cc1ccc(-c2c(C(=O)N3CCC3)nn3cccnc23)c(F)c1. The lowest BCUT2D eigenvalue weighted by molar-refractivity contribution is 0.0646. The number of nitrogens with zero attached hydrogens (tertiary/aromatic N) is 5. The van der Waals surface area contributed by atoms with E-state index in [9.17, 15) is 9.18 Å². The highest BCUT2D eigenvalue weighted by Crippen LogP contribution is 2.31. The van der Waals surface area contributed by atoms with Crippen molar-refractivity contribution >= 4 is 11.6 Å². The van der Waals surface area contributed by atoms with E-state index < -0.39 is 5.82 Å². The predicted molar refractivity (Wildman–Crippen MR) is 83.6 cm³/mol. The van der Waals surface area contributed by atoms with E-state index in [0.717, 1.165) is 12.5 Å². The molecule has 0 aliphatic carbocycles. The molecule has 24 heavy (non-hydrogen) atoms. The Hall–Kier alpha value is -3.27. The molecular weight excluding hydrogens is 309 g/mol. The lowest BCUT2D eigenvalue weighted by Crippen LogP contribution is -2.42. The van der Waals surface area contributed by atoms with E-state index in [1.54, 1.807) is 23.4 Å². The van der Waals surface area contributed by atoms with Crippen LogP contribution in [0.4, 0.5) is 4.39 Å². The first-order chi connectivity index (χ1) is 11.7. The van der Waals surface area contributed by atoms with Crippen molar-refractivity contribution in [2.24, 2.45) is 0 Å². The van der Waals surface area contributed by atoms with Gasteiger partial charge in [-0.05, 0) is 30.7 Å². The van der Waals surface area contributed by atoms with Crippen molar-refractivity contribution in [2.75, 3.05) is 13.1 Å². The van der Waals surface area contributed by atoms with Crippen LogP contribution in [0.25, 0.3) is 16.8 Å². The van der Waals surface area contributed by atoms with E-state index in [4.69, 9.17) is 5.26 Å². The summed E-state index contributed by atoms with van der Waals surface area (Å²) in [5.41, 5.74) is 1.37. The smallest absolute Gasteiger partial charge is 0.275 e. The van der Waals surface area contributed by atoms with Crippen LogP contribution in [0.2, 0.25) is 0 Å². The maximum Gasteiger partial charge on any atom is 0.275 e. The van der Waals surface area contributed by atoms with Crippen LogP contribution in [-0.4, -0.2) is 38.5 Å². The molecule has 6 nitrogen and oxygen atoms in total. The fourth-order valence-corrected chi connectivity index (χ4v) is 2.74. The molecule has 3 aromatic rings. The van der Waals surface area contributed by atoms with Gasteiger partial charge in [0.1, 0.15) is 5.82 Å². The molecule has 1 aliphatic heterocycles. The quantitative estimate of drug-likeness (QED) is 0.725. The van der Waals surface area contributed by atoms with Gasteiger partial charge in [0.15, 0.2) is 11.3 Å². The molecule has 3 heterocycles. The van der Waals surface area contributed by atoms with Gasteiger partial charge in [0, 0.05) is 31.0 Å². The zero-order valence-electron chi connectivity index (χ0n) is 12.6. The minimum atomic E-state index is -0.577. The Morgan fingerprint density at radius 1 is 1.33 bits per heavy atom. The molecule has 0 spiro atoms. The molecule has 1 amide bonds. The van der Waals surface area contributed by atoms with Crippen LogP contribution in [0.1, 0.15) is 22.5 Å². The lowest BCUT2D eigenvalue weighted by atomic mass is 10.0. The van der Waals surface area contributed by atoms with Crippen molar-refractivity contribution in [3.05, 3.63) is 53.7 Å². The van der Waals surface area contributed by atoms with Gasteiger partial charge >= 0.3 is 0 Å². The van der Waals surface area contributed by atoms with E-state index in [1.807, 2.05) is 6.07 Å². The molecule has 1 fully saturated rings.